The average molecular weight is 173 g/mol. The van der Waals surface area contributed by atoms with Gasteiger partial charge in [0.25, 0.3) is 0 Å². The second kappa shape index (κ2) is 4.42. The van der Waals surface area contributed by atoms with Gasteiger partial charge < -0.3 is 15.2 Å². The monoisotopic (exact) mass is 173 g/mol. The van der Waals surface area contributed by atoms with Gasteiger partial charge >= 0.3 is 5.97 Å². The Morgan fingerprint density at radius 1 is 1.75 bits per heavy atom. The zero-order chi connectivity index (χ0) is 8.97. The molecule has 2 unspecified atom stereocenters. The molecular formula is C8H15NO3. The summed E-state index contributed by atoms with van der Waals surface area (Å²) < 4.78 is 4.91. The van der Waals surface area contributed by atoms with Crippen LogP contribution in [0, 0.1) is 0 Å². The lowest BCUT2D eigenvalue weighted by Crippen LogP contribution is -2.32. The molecule has 0 aromatic carbocycles. The lowest BCUT2D eigenvalue weighted by atomic mass is 10.2. The summed E-state index contributed by atoms with van der Waals surface area (Å²) in [4.78, 5) is 11.2. The van der Waals surface area contributed by atoms with Gasteiger partial charge in [-0.3, -0.25) is 4.79 Å². The molecular weight excluding hydrogens is 158 g/mol. The van der Waals surface area contributed by atoms with E-state index < -0.39 is 6.10 Å². The number of hydrogen-bond acceptors (Lipinski definition) is 4. The molecule has 4 heteroatoms. The van der Waals surface area contributed by atoms with Crippen molar-refractivity contribution in [3.05, 3.63) is 0 Å². The van der Waals surface area contributed by atoms with Crippen molar-refractivity contribution in [3.63, 3.8) is 0 Å². The van der Waals surface area contributed by atoms with Crippen LogP contribution in [0.2, 0.25) is 0 Å². The Balaban J connectivity index is 2.23. The summed E-state index contributed by atoms with van der Waals surface area (Å²) in [6.45, 7) is 2.91. The molecule has 1 saturated heterocycles. The molecule has 1 rings (SSSR count). The Morgan fingerprint density at radius 3 is 3.00 bits per heavy atom. The largest absolute Gasteiger partial charge is 0.465 e. The molecule has 4 nitrogen and oxygen atoms in total. The smallest absolute Gasteiger partial charge is 0.323 e. The third-order valence-electron chi connectivity index (χ3n) is 1.84. The maximum Gasteiger partial charge on any atom is 0.323 e. The molecule has 0 aliphatic carbocycles. The van der Waals surface area contributed by atoms with Crippen LogP contribution in [-0.4, -0.2) is 36.4 Å². The van der Waals surface area contributed by atoms with Gasteiger partial charge in [0.2, 0.25) is 0 Å². The van der Waals surface area contributed by atoms with E-state index in [1.165, 1.54) is 0 Å². The summed E-state index contributed by atoms with van der Waals surface area (Å²) in [6.07, 6.45) is 0.910. The molecule has 0 saturated carbocycles. The molecule has 70 valence electrons. The molecule has 0 aromatic rings. The highest BCUT2D eigenvalue weighted by molar-refractivity contribution is 5.76. The van der Waals surface area contributed by atoms with Crippen LogP contribution in [0.3, 0.4) is 0 Å². The molecule has 1 aliphatic heterocycles. The average Bonchev–Trinajstić information content (AvgIpc) is 2.47. The zero-order valence-corrected chi connectivity index (χ0v) is 7.25. The van der Waals surface area contributed by atoms with Crippen LogP contribution >= 0.6 is 0 Å². The molecule has 1 fully saturated rings. The van der Waals surface area contributed by atoms with Crippen molar-refractivity contribution >= 4 is 5.97 Å². The SMILES string of the molecule is CCCOC(=O)C1CC(O)CN1. The molecule has 0 radical (unpaired) electrons. The van der Waals surface area contributed by atoms with E-state index in [9.17, 15) is 4.79 Å². The van der Waals surface area contributed by atoms with Crippen LogP contribution in [0.5, 0.6) is 0 Å². The van der Waals surface area contributed by atoms with Crippen molar-refractivity contribution in [1.29, 1.82) is 0 Å². The minimum atomic E-state index is -0.399. The number of ether oxygens (including phenoxy) is 1. The van der Waals surface area contributed by atoms with E-state index in [0.717, 1.165) is 6.42 Å². The van der Waals surface area contributed by atoms with Crippen molar-refractivity contribution in [2.75, 3.05) is 13.2 Å². The van der Waals surface area contributed by atoms with Gasteiger partial charge in [0.15, 0.2) is 0 Å². The number of esters is 1. The Hall–Kier alpha value is -0.610. The normalized spacial score (nSPS) is 28.8. The van der Waals surface area contributed by atoms with Gasteiger partial charge in [-0.15, -0.1) is 0 Å². The van der Waals surface area contributed by atoms with Gasteiger partial charge in [-0.2, -0.15) is 0 Å². The number of hydrogen-bond donors (Lipinski definition) is 2. The van der Waals surface area contributed by atoms with Crippen molar-refractivity contribution in [1.82, 2.24) is 5.32 Å². The van der Waals surface area contributed by atoms with Crippen molar-refractivity contribution in [2.45, 2.75) is 31.9 Å². The summed E-state index contributed by atoms with van der Waals surface area (Å²) in [6, 6.07) is -0.299. The third kappa shape index (κ3) is 2.46. The van der Waals surface area contributed by atoms with Gasteiger partial charge in [-0.25, -0.2) is 0 Å². The highest BCUT2D eigenvalue weighted by Gasteiger charge is 2.28. The van der Waals surface area contributed by atoms with Gasteiger partial charge in [-0.05, 0) is 6.42 Å². The highest BCUT2D eigenvalue weighted by atomic mass is 16.5. The summed E-state index contributed by atoms with van der Waals surface area (Å²) in [5.74, 6) is -0.242. The Labute approximate surface area is 71.9 Å². The first-order chi connectivity index (χ1) is 5.74. The lowest BCUT2D eigenvalue weighted by Gasteiger charge is -2.08. The predicted molar refractivity (Wildman–Crippen MR) is 43.7 cm³/mol. The molecule has 0 bridgehead atoms. The lowest BCUT2D eigenvalue weighted by molar-refractivity contribution is -0.145. The van der Waals surface area contributed by atoms with E-state index in [-0.39, 0.29) is 12.0 Å². The van der Waals surface area contributed by atoms with E-state index in [4.69, 9.17) is 9.84 Å². The number of nitrogens with one attached hydrogen (secondary N) is 1. The Bertz CT molecular complexity index is 160. The van der Waals surface area contributed by atoms with Crippen LogP contribution in [0.1, 0.15) is 19.8 Å². The molecule has 1 aliphatic rings. The zero-order valence-electron chi connectivity index (χ0n) is 7.25. The Kier molecular flexibility index (Phi) is 3.49. The van der Waals surface area contributed by atoms with Crippen LogP contribution < -0.4 is 5.32 Å². The summed E-state index contributed by atoms with van der Waals surface area (Å²) in [5.41, 5.74) is 0. The number of aliphatic hydroxyl groups is 1. The topological polar surface area (TPSA) is 58.6 Å². The molecule has 0 spiro atoms. The number of carbonyl (C=O) groups excluding carboxylic acids is 1. The standard InChI is InChI=1S/C8H15NO3/c1-2-3-12-8(11)7-4-6(10)5-9-7/h6-7,9-10H,2-5H2,1H3. The van der Waals surface area contributed by atoms with Crippen LogP contribution in [0.4, 0.5) is 0 Å². The molecule has 2 atom stereocenters. The molecule has 12 heavy (non-hydrogen) atoms. The van der Waals surface area contributed by atoms with E-state index in [1.54, 1.807) is 0 Å². The van der Waals surface area contributed by atoms with E-state index in [2.05, 4.69) is 5.32 Å². The third-order valence-corrected chi connectivity index (χ3v) is 1.84. The first kappa shape index (κ1) is 9.48. The van der Waals surface area contributed by atoms with Crippen LogP contribution in [0.25, 0.3) is 0 Å². The fourth-order valence-corrected chi connectivity index (χ4v) is 1.20. The molecule has 1 heterocycles. The van der Waals surface area contributed by atoms with E-state index >= 15 is 0 Å². The van der Waals surface area contributed by atoms with Gasteiger partial charge in [0, 0.05) is 13.0 Å². The quantitative estimate of drug-likeness (QED) is 0.573. The maximum absolute atomic E-state index is 11.2. The maximum atomic E-state index is 11.2. The van der Waals surface area contributed by atoms with Crippen molar-refractivity contribution in [3.8, 4) is 0 Å². The first-order valence-electron chi connectivity index (χ1n) is 4.32. The summed E-state index contributed by atoms with van der Waals surface area (Å²) >= 11 is 0. The number of carbonyl (C=O) groups is 1. The minimum Gasteiger partial charge on any atom is -0.465 e. The number of β-amino-alcohol motifs (C(OH)–C–C–N with tert-alkyl or cyclic N) is 1. The molecule has 2 N–H and O–H groups in total. The minimum absolute atomic E-state index is 0.242. The van der Waals surface area contributed by atoms with Crippen molar-refractivity contribution < 1.29 is 14.6 Å². The van der Waals surface area contributed by atoms with Crippen molar-refractivity contribution in [2.24, 2.45) is 0 Å². The molecule has 0 amide bonds. The van der Waals surface area contributed by atoms with Gasteiger partial charge in [0.1, 0.15) is 6.04 Å². The summed E-state index contributed by atoms with van der Waals surface area (Å²) in [7, 11) is 0. The van der Waals surface area contributed by atoms with E-state index in [1.807, 2.05) is 6.92 Å². The van der Waals surface area contributed by atoms with Crippen LogP contribution in [0.15, 0.2) is 0 Å². The van der Waals surface area contributed by atoms with Gasteiger partial charge in [0.05, 0.1) is 12.7 Å². The highest BCUT2D eigenvalue weighted by Crippen LogP contribution is 2.07. The fourth-order valence-electron chi connectivity index (χ4n) is 1.20. The predicted octanol–water partition coefficient (Wildman–Crippen LogP) is -0.338. The second-order valence-electron chi connectivity index (χ2n) is 3.02. The Morgan fingerprint density at radius 2 is 2.50 bits per heavy atom. The first-order valence-corrected chi connectivity index (χ1v) is 4.32. The summed E-state index contributed by atoms with van der Waals surface area (Å²) in [5, 5.41) is 12.0. The molecule has 0 aromatic heterocycles. The second-order valence-corrected chi connectivity index (χ2v) is 3.02. The van der Waals surface area contributed by atoms with E-state index in [0.29, 0.717) is 19.6 Å². The number of rotatable bonds is 3. The number of aliphatic hydroxyl groups excluding tert-OH is 1. The van der Waals surface area contributed by atoms with Crippen LogP contribution in [-0.2, 0) is 9.53 Å². The van der Waals surface area contributed by atoms with Gasteiger partial charge in [-0.1, -0.05) is 6.92 Å². The fraction of sp³-hybridized carbons (Fsp3) is 0.875.